The molecule has 0 saturated heterocycles. The summed E-state index contributed by atoms with van der Waals surface area (Å²) in [5, 5.41) is 7.71. The van der Waals surface area contributed by atoms with E-state index in [2.05, 4.69) is 40.7 Å². The highest BCUT2D eigenvalue weighted by molar-refractivity contribution is 5.11. The highest BCUT2D eigenvalue weighted by Gasteiger charge is 2.12. The van der Waals surface area contributed by atoms with Gasteiger partial charge in [-0.25, -0.2) is 4.98 Å². The zero-order chi connectivity index (χ0) is 14.0. The molecule has 0 unspecified atom stereocenters. The maximum Gasteiger partial charge on any atom is 0.106 e. The molecule has 5 nitrogen and oxygen atoms in total. The van der Waals surface area contributed by atoms with Crippen molar-refractivity contribution < 1.29 is 0 Å². The molecular formula is C14H23N5. The molecule has 0 amide bonds. The van der Waals surface area contributed by atoms with Gasteiger partial charge in [-0.2, -0.15) is 5.10 Å². The van der Waals surface area contributed by atoms with Crippen LogP contribution in [0.15, 0.2) is 18.6 Å². The Balaban J connectivity index is 2.13. The Morgan fingerprint density at radius 3 is 2.58 bits per heavy atom. The van der Waals surface area contributed by atoms with Gasteiger partial charge in [-0.3, -0.25) is 4.68 Å². The normalized spacial score (nSPS) is 12.1. The summed E-state index contributed by atoms with van der Waals surface area (Å²) in [5.41, 5.74) is 2.51. The van der Waals surface area contributed by atoms with Crippen molar-refractivity contribution in [1.29, 1.82) is 0 Å². The minimum Gasteiger partial charge on any atom is -0.326 e. The second-order valence-corrected chi connectivity index (χ2v) is 6.01. The molecule has 2 aromatic rings. The standard InChI is InChI=1S/C14H23N5/c1-11-15-7-13(8-16-14(2,3)4)19(11)10-12-6-17-18(5)9-12/h6-7,9,16H,8,10H2,1-5H3. The van der Waals surface area contributed by atoms with E-state index in [0.717, 1.165) is 18.9 Å². The fourth-order valence-corrected chi connectivity index (χ4v) is 1.96. The van der Waals surface area contributed by atoms with Gasteiger partial charge in [0.25, 0.3) is 0 Å². The van der Waals surface area contributed by atoms with Gasteiger partial charge in [0.2, 0.25) is 0 Å². The number of imidazole rings is 1. The third-order valence-electron chi connectivity index (χ3n) is 3.04. The molecule has 0 aliphatic heterocycles. The van der Waals surface area contributed by atoms with E-state index < -0.39 is 0 Å². The van der Waals surface area contributed by atoms with E-state index in [1.165, 1.54) is 11.3 Å². The smallest absolute Gasteiger partial charge is 0.106 e. The maximum absolute atomic E-state index is 4.42. The molecule has 0 aliphatic rings. The number of nitrogens with zero attached hydrogens (tertiary/aromatic N) is 4. The molecule has 0 saturated carbocycles. The molecule has 2 rings (SSSR count). The van der Waals surface area contributed by atoms with Crippen molar-refractivity contribution >= 4 is 0 Å². The summed E-state index contributed by atoms with van der Waals surface area (Å²) in [6.07, 6.45) is 5.89. The van der Waals surface area contributed by atoms with Crippen LogP contribution >= 0.6 is 0 Å². The first-order valence-corrected chi connectivity index (χ1v) is 6.59. The zero-order valence-electron chi connectivity index (χ0n) is 12.4. The molecule has 0 radical (unpaired) electrons. The van der Waals surface area contributed by atoms with E-state index in [1.807, 2.05) is 37.2 Å². The molecule has 0 bridgehead atoms. The highest BCUT2D eigenvalue weighted by atomic mass is 15.2. The van der Waals surface area contributed by atoms with Crippen LogP contribution in [0.4, 0.5) is 0 Å². The molecule has 5 heteroatoms. The number of aromatic nitrogens is 4. The summed E-state index contributed by atoms with van der Waals surface area (Å²) in [6, 6.07) is 0. The summed E-state index contributed by atoms with van der Waals surface area (Å²) in [4.78, 5) is 4.42. The predicted molar refractivity (Wildman–Crippen MR) is 75.9 cm³/mol. The van der Waals surface area contributed by atoms with E-state index in [4.69, 9.17) is 0 Å². The van der Waals surface area contributed by atoms with Gasteiger partial charge in [0.1, 0.15) is 5.82 Å². The average molecular weight is 261 g/mol. The first kappa shape index (κ1) is 13.8. The SMILES string of the molecule is Cc1ncc(CNC(C)(C)C)n1Cc1cnn(C)c1. The Labute approximate surface area is 114 Å². The van der Waals surface area contributed by atoms with Crippen LogP contribution in [0.3, 0.4) is 0 Å². The van der Waals surface area contributed by atoms with Crippen molar-refractivity contribution in [1.82, 2.24) is 24.6 Å². The molecule has 0 fully saturated rings. The van der Waals surface area contributed by atoms with Crippen molar-refractivity contribution in [3.63, 3.8) is 0 Å². The summed E-state index contributed by atoms with van der Waals surface area (Å²) >= 11 is 0. The molecule has 19 heavy (non-hydrogen) atoms. The molecule has 2 aromatic heterocycles. The van der Waals surface area contributed by atoms with E-state index in [-0.39, 0.29) is 5.54 Å². The fraction of sp³-hybridized carbons (Fsp3) is 0.571. The number of hydrogen-bond donors (Lipinski definition) is 1. The van der Waals surface area contributed by atoms with Crippen molar-refractivity contribution in [2.75, 3.05) is 0 Å². The zero-order valence-corrected chi connectivity index (χ0v) is 12.4. The van der Waals surface area contributed by atoms with Gasteiger partial charge in [0.05, 0.1) is 18.4 Å². The summed E-state index contributed by atoms with van der Waals surface area (Å²) in [5.74, 6) is 1.04. The van der Waals surface area contributed by atoms with Gasteiger partial charge >= 0.3 is 0 Å². The summed E-state index contributed by atoms with van der Waals surface area (Å²) < 4.78 is 4.06. The lowest BCUT2D eigenvalue weighted by atomic mass is 10.1. The molecule has 0 spiro atoms. The van der Waals surface area contributed by atoms with Crippen LogP contribution in [0.25, 0.3) is 0 Å². The number of nitrogens with one attached hydrogen (secondary N) is 1. The molecule has 0 atom stereocenters. The molecule has 0 aliphatic carbocycles. The monoisotopic (exact) mass is 261 g/mol. The second kappa shape index (κ2) is 5.17. The van der Waals surface area contributed by atoms with E-state index in [9.17, 15) is 0 Å². The molecule has 104 valence electrons. The van der Waals surface area contributed by atoms with Crippen LogP contribution in [0, 0.1) is 6.92 Å². The quantitative estimate of drug-likeness (QED) is 0.914. The largest absolute Gasteiger partial charge is 0.326 e. The Kier molecular flexibility index (Phi) is 3.75. The first-order chi connectivity index (χ1) is 8.85. The molecular weight excluding hydrogens is 238 g/mol. The van der Waals surface area contributed by atoms with Crippen molar-refractivity contribution in [2.45, 2.75) is 46.3 Å². The summed E-state index contributed by atoms with van der Waals surface area (Å²) in [6.45, 7) is 10.2. The Hall–Kier alpha value is -1.62. The average Bonchev–Trinajstić information content (AvgIpc) is 2.85. The Morgan fingerprint density at radius 2 is 2.00 bits per heavy atom. The van der Waals surface area contributed by atoms with Gasteiger partial charge < -0.3 is 9.88 Å². The minimum atomic E-state index is 0.108. The van der Waals surface area contributed by atoms with E-state index >= 15 is 0 Å². The van der Waals surface area contributed by atoms with Crippen LogP contribution in [-0.2, 0) is 20.1 Å². The third-order valence-corrected chi connectivity index (χ3v) is 3.04. The second-order valence-electron chi connectivity index (χ2n) is 6.01. The van der Waals surface area contributed by atoms with Crippen molar-refractivity contribution in [3.8, 4) is 0 Å². The third kappa shape index (κ3) is 3.67. The predicted octanol–water partition coefficient (Wildman–Crippen LogP) is 1.86. The van der Waals surface area contributed by atoms with Crippen molar-refractivity contribution in [3.05, 3.63) is 35.7 Å². The van der Waals surface area contributed by atoms with Crippen molar-refractivity contribution in [2.24, 2.45) is 7.05 Å². The van der Waals surface area contributed by atoms with Crippen LogP contribution in [0.5, 0.6) is 0 Å². The summed E-state index contributed by atoms with van der Waals surface area (Å²) in [7, 11) is 1.94. The molecule has 1 N–H and O–H groups in total. The van der Waals surface area contributed by atoms with Crippen LogP contribution in [0.1, 0.15) is 37.9 Å². The lowest BCUT2D eigenvalue weighted by Crippen LogP contribution is -2.35. The number of aryl methyl sites for hydroxylation is 2. The Morgan fingerprint density at radius 1 is 1.26 bits per heavy atom. The van der Waals surface area contributed by atoms with Gasteiger partial charge in [-0.05, 0) is 27.7 Å². The van der Waals surface area contributed by atoms with Gasteiger partial charge in [0, 0.05) is 37.1 Å². The Bertz CT molecular complexity index is 544. The van der Waals surface area contributed by atoms with Gasteiger partial charge in [-0.15, -0.1) is 0 Å². The lowest BCUT2D eigenvalue weighted by Gasteiger charge is -2.21. The fourth-order valence-electron chi connectivity index (χ4n) is 1.96. The number of hydrogen-bond acceptors (Lipinski definition) is 3. The minimum absolute atomic E-state index is 0.108. The molecule has 2 heterocycles. The van der Waals surface area contributed by atoms with Gasteiger partial charge in [-0.1, -0.05) is 0 Å². The van der Waals surface area contributed by atoms with Crippen LogP contribution in [-0.4, -0.2) is 24.9 Å². The number of rotatable bonds is 4. The van der Waals surface area contributed by atoms with Gasteiger partial charge in [0.15, 0.2) is 0 Å². The van der Waals surface area contributed by atoms with E-state index in [0.29, 0.717) is 0 Å². The molecule has 0 aromatic carbocycles. The topological polar surface area (TPSA) is 47.7 Å². The maximum atomic E-state index is 4.42. The highest BCUT2D eigenvalue weighted by Crippen LogP contribution is 2.10. The van der Waals surface area contributed by atoms with Crippen LogP contribution in [0.2, 0.25) is 0 Å². The lowest BCUT2D eigenvalue weighted by molar-refractivity contribution is 0.416. The first-order valence-electron chi connectivity index (χ1n) is 6.59. The van der Waals surface area contributed by atoms with E-state index in [1.54, 1.807) is 0 Å². The van der Waals surface area contributed by atoms with Crippen LogP contribution < -0.4 is 5.32 Å².